The SMILES string of the molecule is COC(=O)CNOCC(N)=O. The fourth-order valence-corrected chi connectivity index (χ4v) is 0.304. The summed E-state index contributed by atoms with van der Waals surface area (Å²) in [7, 11) is 1.25. The molecule has 0 saturated heterocycles. The number of hydrogen-bond acceptors (Lipinski definition) is 5. The zero-order chi connectivity index (χ0) is 8.69. The van der Waals surface area contributed by atoms with E-state index in [1.165, 1.54) is 7.11 Å². The van der Waals surface area contributed by atoms with Crippen LogP contribution in [0.3, 0.4) is 0 Å². The molecule has 11 heavy (non-hydrogen) atoms. The fourth-order valence-electron chi connectivity index (χ4n) is 0.304. The molecule has 0 spiro atoms. The standard InChI is InChI=1S/C5H10N2O4/c1-10-5(9)2-7-11-3-4(6)8/h7H,2-3H2,1H3,(H2,6,8). The summed E-state index contributed by atoms with van der Waals surface area (Å²) in [5.74, 6) is -1.09. The van der Waals surface area contributed by atoms with Crippen LogP contribution in [0, 0.1) is 0 Å². The Bertz CT molecular complexity index is 147. The molecule has 0 aromatic heterocycles. The molecule has 0 radical (unpaired) electrons. The van der Waals surface area contributed by atoms with Crippen molar-refractivity contribution in [2.24, 2.45) is 5.73 Å². The van der Waals surface area contributed by atoms with E-state index in [-0.39, 0.29) is 13.2 Å². The first-order valence-corrected chi connectivity index (χ1v) is 2.86. The lowest BCUT2D eigenvalue weighted by Crippen LogP contribution is -2.29. The van der Waals surface area contributed by atoms with Crippen LogP contribution in [0.5, 0.6) is 0 Å². The van der Waals surface area contributed by atoms with Crippen molar-refractivity contribution in [3.05, 3.63) is 0 Å². The van der Waals surface area contributed by atoms with Crippen LogP contribution in [-0.2, 0) is 19.2 Å². The van der Waals surface area contributed by atoms with Gasteiger partial charge in [0, 0.05) is 0 Å². The largest absolute Gasteiger partial charge is 0.468 e. The predicted octanol–water partition coefficient (Wildman–Crippen LogP) is -1.83. The summed E-state index contributed by atoms with van der Waals surface area (Å²) in [5, 5.41) is 0. The van der Waals surface area contributed by atoms with Gasteiger partial charge in [-0.2, -0.15) is 5.48 Å². The van der Waals surface area contributed by atoms with E-state index < -0.39 is 11.9 Å². The van der Waals surface area contributed by atoms with Crippen LogP contribution in [0.15, 0.2) is 0 Å². The van der Waals surface area contributed by atoms with Crippen molar-refractivity contribution < 1.29 is 19.2 Å². The van der Waals surface area contributed by atoms with Crippen molar-refractivity contribution in [1.82, 2.24) is 5.48 Å². The maximum atomic E-state index is 10.4. The predicted molar refractivity (Wildman–Crippen MR) is 35.2 cm³/mol. The summed E-state index contributed by atoms with van der Waals surface area (Å²) in [6.45, 7) is -0.374. The van der Waals surface area contributed by atoms with Gasteiger partial charge in [0.15, 0.2) is 0 Å². The first kappa shape index (κ1) is 9.86. The Hall–Kier alpha value is -1.14. The zero-order valence-electron chi connectivity index (χ0n) is 6.12. The third-order valence-electron chi connectivity index (χ3n) is 0.761. The minimum absolute atomic E-state index is 0.107. The van der Waals surface area contributed by atoms with Crippen molar-refractivity contribution in [1.29, 1.82) is 0 Å². The first-order chi connectivity index (χ1) is 5.16. The van der Waals surface area contributed by atoms with Gasteiger partial charge < -0.3 is 10.5 Å². The molecule has 0 atom stereocenters. The van der Waals surface area contributed by atoms with Gasteiger partial charge >= 0.3 is 5.97 Å². The molecule has 0 saturated carbocycles. The Kier molecular flexibility index (Phi) is 5.05. The number of carbonyl (C=O) groups is 2. The molecule has 0 aromatic carbocycles. The van der Waals surface area contributed by atoms with Crippen LogP contribution in [0.25, 0.3) is 0 Å². The number of nitrogens with two attached hydrogens (primary N) is 1. The van der Waals surface area contributed by atoms with Gasteiger partial charge in [0.1, 0.15) is 13.2 Å². The molecular formula is C5H10N2O4. The molecule has 0 aliphatic carbocycles. The van der Waals surface area contributed by atoms with Crippen LogP contribution in [0.4, 0.5) is 0 Å². The number of carbonyl (C=O) groups excluding carboxylic acids is 2. The Balaban J connectivity index is 3.14. The van der Waals surface area contributed by atoms with E-state index in [4.69, 9.17) is 5.73 Å². The van der Waals surface area contributed by atoms with Crippen LogP contribution in [0.2, 0.25) is 0 Å². The molecule has 0 rings (SSSR count). The van der Waals surface area contributed by atoms with Gasteiger partial charge in [0.2, 0.25) is 5.91 Å². The normalized spacial score (nSPS) is 9.18. The van der Waals surface area contributed by atoms with Crippen molar-refractivity contribution in [2.45, 2.75) is 0 Å². The van der Waals surface area contributed by atoms with Crippen molar-refractivity contribution in [3.8, 4) is 0 Å². The van der Waals surface area contributed by atoms with E-state index in [0.29, 0.717) is 0 Å². The molecule has 6 nitrogen and oxygen atoms in total. The Morgan fingerprint density at radius 3 is 2.64 bits per heavy atom. The van der Waals surface area contributed by atoms with E-state index in [1.807, 2.05) is 0 Å². The minimum Gasteiger partial charge on any atom is -0.468 e. The number of ether oxygens (including phenoxy) is 1. The summed E-state index contributed by atoms with van der Waals surface area (Å²) in [6.07, 6.45) is 0. The molecule has 0 aromatic rings. The lowest BCUT2D eigenvalue weighted by Gasteiger charge is -2.01. The highest BCUT2D eigenvalue weighted by Crippen LogP contribution is 1.70. The Morgan fingerprint density at radius 1 is 1.55 bits per heavy atom. The lowest BCUT2D eigenvalue weighted by atomic mass is 10.7. The second-order valence-electron chi connectivity index (χ2n) is 1.65. The average molecular weight is 162 g/mol. The maximum Gasteiger partial charge on any atom is 0.322 e. The number of nitrogens with one attached hydrogen (secondary N) is 1. The number of methoxy groups -OCH3 is 1. The molecule has 0 heterocycles. The van der Waals surface area contributed by atoms with E-state index in [9.17, 15) is 9.59 Å². The first-order valence-electron chi connectivity index (χ1n) is 2.86. The highest BCUT2D eigenvalue weighted by Gasteiger charge is 1.98. The highest BCUT2D eigenvalue weighted by atomic mass is 16.6. The highest BCUT2D eigenvalue weighted by molar-refractivity contribution is 5.75. The number of hydrogen-bond donors (Lipinski definition) is 2. The molecule has 0 unspecified atom stereocenters. The summed E-state index contributed by atoms with van der Waals surface area (Å²) in [4.78, 5) is 24.9. The van der Waals surface area contributed by atoms with E-state index >= 15 is 0 Å². The third kappa shape index (κ3) is 6.75. The topological polar surface area (TPSA) is 90.7 Å². The summed E-state index contributed by atoms with van der Waals surface area (Å²) in [6, 6.07) is 0. The summed E-state index contributed by atoms with van der Waals surface area (Å²) < 4.78 is 4.26. The van der Waals surface area contributed by atoms with E-state index in [2.05, 4.69) is 15.1 Å². The van der Waals surface area contributed by atoms with Crippen LogP contribution in [-0.4, -0.2) is 32.1 Å². The van der Waals surface area contributed by atoms with Gasteiger partial charge in [-0.05, 0) is 0 Å². The number of hydroxylamine groups is 1. The minimum atomic E-state index is -0.609. The molecule has 0 aliphatic heterocycles. The van der Waals surface area contributed by atoms with Gasteiger partial charge in [-0.3, -0.25) is 14.4 Å². The number of rotatable bonds is 5. The molecule has 3 N–H and O–H groups in total. The van der Waals surface area contributed by atoms with Crippen molar-refractivity contribution in [3.63, 3.8) is 0 Å². The molecule has 0 fully saturated rings. The average Bonchev–Trinajstić information content (AvgIpc) is 1.97. The quantitative estimate of drug-likeness (QED) is 0.282. The Morgan fingerprint density at radius 2 is 2.18 bits per heavy atom. The van der Waals surface area contributed by atoms with Crippen LogP contribution >= 0.6 is 0 Å². The second-order valence-corrected chi connectivity index (χ2v) is 1.65. The van der Waals surface area contributed by atoms with Gasteiger partial charge in [-0.15, -0.1) is 0 Å². The molecule has 1 amide bonds. The summed E-state index contributed by atoms with van der Waals surface area (Å²) >= 11 is 0. The Labute approximate surface area is 63.6 Å². The molecule has 0 aliphatic rings. The third-order valence-corrected chi connectivity index (χ3v) is 0.761. The molecular weight excluding hydrogens is 152 g/mol. The van der Waals surface area contributed by atoms with E-state index in [0.717, 1.165) is 0 Å². The number of primary amides is 1. The van der Waals surface area contributed by atoms with Gasteiger partial charge in [-0.25, -0.2) is 0 Å². The maximum absolute atomic E-state index is 10.4. The molecule has 64 valence electrons. The zero-order valence-corrected chi connectivity index (χ0v) is 6.12. The fraction of sp³-hybridized carbons (Fsp3) is 0.600. The second kappa shape index (κ2) is 5.63. The van der Waals surface area contributed by atoms with Gasteiger partial charge in [0.05, 0.1) is 7.11 Å². The number of amides is 1. The molecule has 6 heteroatoms. The smallest absolute Gasteiger partial charge is 0.322 e. The van der Waals surface area contributed by atoms with Crippen molar-refractivity contribution >= 4 is 11.9 Å². The van der Waals surface area contributed by atoms with Crippen LogP contribution < -0.4 is 11.2 Å². The summed E-state index contributed by atoms with van der Waals surface area (Å²) in [5.41, 5.74) is 6.91. The van der Waals surface area contributed by atoms with Gasteiger partial charge in [-0.1, -0.05) is 0 Å². The lowest BCUT2D eigenvalue weighted by molar-refractivity contribution is -0.143. The monoisotopic (exact) mass is 162 g/mol. The van der Waals surface area contributed by atoms with Crippen LogP contribution in [0.1, 0.15) is 0 Å². The van der Waals surface area contributed by atoms with Gasteiger partial charge in [0.25, 0.3) is 0 Å². The van der Waals surface area contributed by atoms with Crippen molar-refractivity contribution in [2.75, 3.05) is 20.3 Å². The van der Waals surface area contributed by atoms with E-state index in [1.54, 1.807) is 0 Å². The number of esters is 1. The molecule has 0 bridgehead atoms.